The van der Waals surface area contributed by atoms with Crippen LogP contribution in [0, 0.1) is 11.3 Å². The number of rotatable bonds is 3. The Hall–Kier alpha value is -2.02. The van der Waals surface area contributed by atoms with E-state index < -0.39 is 5.97 Å². The molecule has 0 fully saturated rings. The number of benzene rings is 1. The van der Waals surface area contributed by atoms with Crippen LogP contribution in [0.25, 0.3) is 0 Å². The molecule has 0 atom stereocenters. The van der Waals surface area contributed by atoms with Gasteiger partial charge in [0.25, 0.3) is 0 Å². The largest absolute Gasteiger partial charge is 0.497 e. The van der Waals surface area contributed by atoms with E-state index in [1.807, 2.05) is 0 Å². The van der Waals surface area contributed by atoms with Crippen LogP contribution in [0.15, 0.2) is 24.3 Å². The summed E-state index contributed by atoms with van der Waals surface area (Å²) in [5.74, 6) is 0.414. The molecule has 0 bridgehead atoms. The van der Waals surface area contributed by atoms with Gasteiger partial charge in [0, 0.05) is 6.07 Å². The minimum absolute atomic E-state index is 0.253. The minimum atomic E-state index is -0.569. The molecule has 0 aliphatic heterocycles. The molecule has 0 amide bonds. The molecule has 0 saturated heterocycles. The molecule has 0 saturated carbocycles. The standard InChI is InChI=1S/C10H9NO3/c1-13-8-3-2-4-9(7-8)14-10(12)5-6-11/h2-4,7H,5H2,1H3. The van der Waals surface area contributed by atoms with Crippen LogP contribution in [0.4, 0.5) is 0 Å². The summed E-state index contributed by atoms with van der Waals surface area (Å²) in [6.07, 6.45) is -0.253. The van der Waals surface area contributed by atoms with Crippen LogP contribution >= 0.6 is 0 Å². The summed E-state index contributed by atoms with van der Waals surface area (Å²) in [7, 11) is 1.52. The van der Waals surface area contributed by atoms with Crippen LogP contribution in [-0.2, 0) is 4.79 Å². The maximum Gasteiger partial charge on any atom is 0.325 e. The van der Waals surface area contributed by atoms with E-state index in [1.54, 1.807) is 30.3 Å². The van der Waals surface area contributed by atoms with Crippen molar-refractivity contribution in [1.82, 2.24) is 0 Å². The zero-order chi connectivity index (χ0) is 10.4. The molecule has 14 heavy (non-hydrogen) atoms. The number of methoxy groups -OCH3 is 1. The number of hydrogen-bond donors (Lipinski definition) is 0. The fourth-order valence-electron chi connectivity index (χ4n) is 0.897. The van der Waals surface area contributed by atoms with Gasteiger partial charge in [-0.2, -0.15) is 5.26 Å². The Labute approximate surface area is 81.7 Å². The molecule has 1 rings (SSSR count). The number of carbonyl (C=O) groups excluding carboxylic acids is 1. The Balaban J connectivity index is 2.68. The SMILES string of the molecule is COc1cccc(OC(=O)CC#N)c1. The summed E-state index contributed by atoms with van der Waals surface area (Å²) in [5, 5.41) is 8.24. The van der Waals surface area contributed by atoms with E-state index in [0.29, 0.717) is 11.5 Å². The van der Waals surface area contributed by atoms with Crippen molar-refractivity contribution in [3.05, 3.63) is 24.3 Å². The van der Waals surface area contributed by atoms with Gasteiger partial charge in [-0.05, 0) is 12.1 Å². The van der Waals surface area contributed by atoms with Gasteiger partial charge < -0.3 is 9.47 Å². The van der Waals surface area contributed by atoms with Gasteiger partial charge >= 0.3 is 5.97 Å². The van der Waals surface area contributed by atoms with E-state index in [0.717, 1.165) is 0 Å². The Kier molecular flexibility index (Phi) is 3.50. The number of carbonyl (C=O) groups is 1. The lowest BCUT2D eigenvalue weighted by atomic mass is 10.3. The quantitative estimate of drug-likeness (QED) is 0.536. The van der Waals surface area contributed by atoms with Crippen molar-refractivity contribution in [1.29, 1.82) is 5.26 Å². The summed E-state index contributed by atoms with van der Waals surface area (Å²) >= 11 is 0. The molecule has 0 aliphatic rings. The maximum absolute atomic E-state index is 10.9. The second kappa shape index (κ2) is 4.87. The van der Waals surface area contributed by atoms with Crippen LogP contribution in [0.2, 0.25) is 0 Å². The topological polar surface area (TPSA) is 59.3 Å². The fraction of sp³-hybridized carbons (Fsp3) is 0.200. The van der Waals surface area contributed by atoms with Crippen molar-refractivity contribution in [2.24, 2.45) is 0 Å². The van der Waals surface area contributed by atoms with Crippen LogP contribution in [0.3, 0.4) is 0 Å². The van der Waals surface area contributed by atoms with Gasteiger partial charge in [-0.3, -0.25) is 4.79 Å². The van der Waals surface area contributed by atoms with Gasteiger partial charge in [-0.15, -0.1) is 0 Å². The third kappa shape index (κ3) is 2.79. The third-order valence-electron chi connectivity index (χ3n) is 1.50. The lowest BCUT2D eigenvalue weighted by Crippen LogP contribution is -2.06. The highest BCUT2D eigenvalue weighted by Crippen LogP contribution is 2.18. The average Bonchev–Trinajstić information content (AvgIpc) is 2.18. The lowest BCUT2D eigenvalue weighted by molar-refractivity contribution is -0.133. The summed E-state index contributed by atoms with van der Waals surface area (Å²) in [6.45, 7) is 0. The van der Waals surface area contributed by atoms with E-state index in [4.69, 9.17) is 14.7 Å². The van der Waals surface area contributed by atoms with Gasteiger partial charge in [0.05, 0.1) is 13.2 Å². The Morgan fingerprint density at radius 1 is 1.50 bits per heavy atom. The summed E-state index contributed by atoms with van der Waals surface area (Å²) in [6, 6.07) is 8.35. The van der Waals surface area contributed by atoms with E-state index in [-0.39, 0.29) is 6.42 Å². The number of ether oxygens (including phenoxy) is 2. The van der Waals surface area contributed by atoms with Gasteiger partial charge in [-0.1, -0.05) is 6.07 Å². The Morgan fingerprint density at radius 2 is 2.21 bits per heavy atom. The van der Waals surface area contributed by atoms with Crippen molar-refractivity contribution < 1.29 is 14.3 Å². The molecule has 0 unspecified atom stereocenters. The van der Waals surface area contributed by atoms with Gasteiger partial charge in [0.2, 0.25) is 0 Å². The lowest BCUT2D eigenvalue weighted by Gasteiger charge is -2.03. The van der Waals surface area contributed by atoms with Gasteiger partial charge in [0.15, 0.2) is 0 Å². The number of nitrogens with zero attached hydrogens (tertiary/aromatic N) is 1. The molecule has 0 aliphatic carbocycles. The molecular weight excluding hydrogens is 182 g/mol. The first-order valence-corrected chi connectivity index (χ1v) is 3.98. The third-order valence-corrected chi connectivity index (χ3v) is 1.50. The monoisotopic (exact) mass is 191 g/mol. The van der Waals surface area contributed by atoms with Crippen molar-refractivity contribution in [2.45, 2.75) is 6.42 Å². The highest BCUT2D eigenvalue weighted by molar-refractivity contribution is 5.74. The van der Waals surface area contributed by atoms with Crippen molar-refractivity contribution in [3.8, 4) is 17.6 Å². The average molecular weight is 191 g/mol. The predicted octanol–water partition coefficient (Wildman–Crippen LogP) is 1.51. The minimum Gasteiger partial charge on any atom is -0.497 e. The van der Waals surface area contributed by atoms with E-state index in [9.17, 15) is 4.79 Å². The number of nitriles is 1. The zero-order valence-corrected chi connectivity index (χ0v) is 7.69. The van der Waals surface area contributed by atoms with E-state index in [1.165, 1.54) is 7.11 Å². The van der Waals surface area contributed by atoms with Crippen LogP contribution in [-0.4, -0.2) is 13.1 Å². The molecule has 0 spiro atoms. The van der Waals surface area contributed by atoms with Crippen LogP contribution < -0.4 is 9.47 Å². The smallest absolute Gasteiger partial charge is 0.325 e. The highest BCUT2D eigenvalue weighted by Gasteiger charge is 2.03. The summed E-state index contributed by atoms with van der Waals surface area (Å²) in [5.41, 5.74) is 0. The Morgan fingerprint density at radius 3 is 2.86 bits per heavy atom. The van der Waals surface area contributed by atoms with Gasteiger partial charge in [-0.25, -0.2) is 0 Å². The number of hydrogen-bond acceptors (Lipinski definition) is 4. The highest BCUT2D eigenvalue weighted by atomic mass is 16.5. The molecule has 0 radical (unpaired) electrons. The van der Waals surface area contributed by atoms with Crippen molar-refractivity contribution in [3.63, 3.8) is 0 Å². The first-order valence-electron chi connectivity index (χ1n) is 3.98. The Bertz CT molecular complexity index is 368. The van der Waals surface area contributed by atoms with E-state index in [2.05, 4.69) is 0 Å². The molecule has 4 heteroatoms. The first kappa shape index (κ1) is 10.1. The second-order valence-corrected chi connectivity index (χ2v) is 2.49. The molecular formula is C10H9NO3. The molecule has 0 N–H and O–H groups in total. The number of esters is 1. The van der Waals surface area contributed by atoms with Crippen LogP contribution in [0.1, 0.15) is 6.42 Å². The summed E-state index contributed by atoms with van der Waals surface area (Å²) in [4.78, 5) is 10.9. The molecule has 0 heterocycles. The first-order chi connectivity index (χ1) is 6.76. The molecule has 1 aromatic rings. The second-order valence-electron chi connectivity index (χ2n) is 2.49. The van der Waals surface area contributed by atoms with Gasteiger partial charge in [0.1, 0.15) is 17.9 Å². The van der Waals surface area contributed by atoms with Crippen molar-refractivity contribution in [2.75, 3.05) is 7.11 Å². The fourth-order valence-corrected chi connectivity index (χ4v) is 0.897. The van der Waals surface area contributed by atoms with E-state index >= 15 is 0 Å². The van der Waals surface area contributed by atoms with Crippen LogP contribution in [0.5, 0.6) is 11.5 Å². The predicted molar refractivity (Wildman–Crippen MR) is 48.9 cm³/mol. The molecule has 0 aromatic heterocycles. The molecule has 4 nitrogen and oxygen atoms in total. The normalized spacial score (nSPS) is 8.86. The molecule has 1 aromatic carbocycles. The van der Waals surface area contributed by atoms with Crippen molar-refractivity contribution >= 4 is 5.97 Å². The summed E-state index contributed by atoms with van der Waals surface area (Å²) < 4.78 is 9.80. The maximum atomic E-state index is 10.9. The molecule has 72 valence electrons. The zero-order valence-electron chi connectivity index (χ0n) is 7.69.